The topological polar surface area (TPSA) is 98.3 Å². The summed E-state index contributed by atoms with van der Waals surface area (Å²) in [6.07, 6.45) is -0.0436. The highest BCUT2D eigenvalue weighted by molar-refractivity contribution is 7.16. The van der Waals surface area contributed by atoms with Gasteiger partial charge in [-0.3, -0.25) is 14.3 Å². The summed E-state index contributed by atoms with van der Waals surface area (Å²) in [6, 6.07) is 9.20. The van der Waals surface area contributed by atoms with Crippen molar-refractivity contribution in [1.29, 1.82) is 0 Å². The predicted octanol–water partition coefficient (Wildman–Crippen LogP) is 4.92. The van der Waals surface area contributed by atoms with E-state index >= 15 is 0 Å². The van der Waals surface area contributed by atoms with Crippen LogP contribution in [0.2, 0.25) is 0 Å². The number of carbonyl (C=O) groups excluding carboxylic acids is 1. The first-order chi connectivity index (χ1) is 18.6. The number of likely N-dealkylation sites (tertiary alicyclic amines) is 1. The third-order valence-electron chi connectivity index (χ3n) is 6.93. The second-order valence-electron chi connectivity index (χ2n) is 9.72. The van der Waals surface area contributed by atoms with E-state index in [9.17, 15) is 18.0 Å². The summed E-state index contributed by atoms with van der Waals surface area (Å²) in [6.45, 7) is 4.23. The van der Waals surface area contributed by atoms with Gasteiger partial charge in [-0.15, -0.1) is 11.3 Å². The van der Waals surface area contributed by atoms with Gasteiger partial charge in [0, 0.05) is 24.2 Å². The lowest BCUT2D eigenvalue weighted by Gasteiger charge is -2.29. The van der Waals surface area contributed by atoms with Gasteiger partial charge in [-0.1, -0.05) is 18.2 Å². The number of alkyl halides is 3. The van der Waals surface area contributed by atoms with Gasteiger partial charge in [0.1, 0.15) is 33.6 Å². The zero-order chi connectivity index (χ0) is 27.7. The number of imidazole rings is 1. The summed E-state index contributed by atoms with van der Waals surface area (Å²) in [4.78, 5) is 23.6. The minimum atomic E-state index is -4.54. The molecule has 1 fully saturated rings. The zero-order valence-corrected chi connectivity index (χ0v) is 22.4. The van der Waals surface area contributed by atoms with Gasteiger partial charge in [0.15, 0.2) is 0 Å². The lowest BCUT2D eigenvalue weighted by Crippen LogP contribution is -2.40. The number of carbonyl (C=O) groups is 1. The number of fused-ring (bicyclic) bond motifs is 1. The van der Waals surface area contributed by atoms with Crippen molar-refractivity contribution < 1.29 is 22.7 Å². The highest BCUT2D eigenvalue weighted by atomic mass is 32.1. The number of nitrogens with two attached hydrogens (primary N) is 1. The third-order valence-corrected chi connectivity index (χ3v) is 8.06. The number of nitrogens with zero attached hydrogens (tertiary/aromatic N) is 4. The van der Waals surface area contributed by atoms with E-state index in [0.29, 0.717) is 23.1 Å². The SMILES string of the molecule is C[C@@H](Oc1cc(-n2cnc3cnc(CNC4CCN(C)CC4)cc32)sc1C(N)=O)c1ccccc1C(F)(F)F. The van der Waals surface area contributed by atoms with Crippen LogP contribution in [0, 0.1) is 0 Å². The fraction of sp³-hybridized carbons (Fsp3) is 0.370. The first-order valence-electron chi connectivity index (χ1n) is 12.6. The Morgan fingerprint density at radius 1 is 1.23 bits per heavy atom. The molecule has 8 nitrogen and oxygen atoms in total. The molecule has 0 unspecified atom stereocenters. The van der Waals surface area contributed by atoms with Crippen LogP contribution in [0.3, 0.4) is 0 Å². The molecular formula is C27H29F3N6O2S. The van der Waals surface area contributed by atoms with Crippen molar-refractivity contribution in [1.82, 2.24) is 24.8 Å². The number of ether oxygens (including phenoxy) is 1. The van der Waals surface area contributed by atoms with Crippen LogP contribution in [0.4, 0.5) is 13.2 Å². The molecule has 1 amide bonds. The first kappa shape index (κ1) is 27.1. The number of halogens is 3. The Morgan fingerprint density at radius 2 is 1.97 bits per heavy atom. The van der Waals surface area contributed by atoms with Gasteiger partial charge >= 0.3 is 6.18 Å². The lowest BCUT2D eigenvalue weighted by atomic mass is 10.0. The molecule has 1 aliphatic heterocycles. The van der Waals surface area contributed by atoms with Crippen LogP contribution in [0.25, 0.3) is 16.0 Å². The quantitative estimate of drug-likeness (QED) is 0.319. The van der Waals surface area contributed by atoms with Crippen molar-refractivity contribution in [2.24, 2.45) is 5.73 Å². The molecule has 1 aliphatic rings. The maximum atomic E-state index is 13.6. The number of hydrogen-bond acceptors (Lipinski definition) is 7. The van der Waals surface area contributed by atoms with Crippen LogP contribution in [-0.2, 0) is 12.7 Å². The Kier molecular flexibility index (Phi) is 7.61. The number of nitrogens with one attached hydrogen (secondary N) is 1. The van der Waals surface area contributed by atoms with Gasteiger partial charge in [-0.25, -0.2) is 4.98 Å². The van der Waals surface area contributed by atoms with Crippen LogP contribution < -0.4 is 15.8 Å². The number of benzene rings is 1. The Hall–Kier alpha value is -3.48. The highest BCUT2D eigenvalue weighted by Gasteiger charge is 2.35. The van der Waals surface area contributed by atoms with Crippen LogP contribution in [0.1, 0.15) is 52.4 Å². The molecule has 206 valence electrons. The third kappa shape index (κ3) is 5.92. The second kappa shape index (κ2) is 10.9. The number of amides is 1. The number of piperidine rings is 1. The van der Waals surface area contributed by atoms with Gasteiger partial charge in [-0.2, -0.15) is 13.2 Å². The van der Waals surface area contributed by atoms with Crippen LogP contribution in [0.15, 0.2) is 48.9 Å². The zero-order valence-electron chi connectivity index (χ0n) is 21.5. The standard InChI is InChI=1S/C27H29F3N6O2S/c1-16(19-5-3-4-6-20(19)27(28,29)30)38-23-12-24(39-25(23)26(31)37)36-15-34-21-14-33-18(11-22(21)36)13-32-17-7-9-35(2)10-8-17/h3-6,11-12,14-17,32H,7-10,13H2,1-2H3,(H2,31,37)/t16-/m1/s1. The average Bonchev–Trinajstić information content (AvgIpc) is 3.51. The molecule has 3 aromatic heterocycles. The molecule has 4 aromatic rings. The number of aromatic nitrogens is 3. The lowest BCUT2D eigenvalue weighted by molar-refractivity contribution is -0.139. The van der Waals surface area contributed by atoms with E-state index in [2.05, 4.69) is 27.2 Å². The number of pyridine rings is 1. The van der Waals surface area contributed by atoms with Gasteiger partial charge in [0.25, 0.3) is 5.91 Å². The molecule has 1 aromatic carbocycles. The summed E-state index contributed by atoms with van der Waals surface area (Å²) < 4.78 is 48.4. The number of rotatable bonds is 8. The van der Waals surface area contributed by atoms with Crippen molar-refractivity contribution in [3.8, 4) is 10.8 Å². The van der Waals surface area contributed by atoms with Crippen molar-refractivity contribution in [2.45, 2.75) is 44.6 Å². The molecule has 0 aliphatic carbocycles. The van der Waals surface area contributed by atoms with Crippen molar-refractivity contribution >= 4 is 28.3 Å². The van der Waals surface area contributed by atoms with Crippen molar-refractivity contribution in [3.63, 3.8) is 0 Å². The molecule has 12 heteroatoms. The van der Waals surface area contributed by atoms with Crippen LogP contribution in [-0.4, -0.2) is 51.5 Å². The highest BCUT2D eigenvalue weighted by Crippen LogP contribution is 2.39. The maximum Gasteiger partial charge on any atom is 0.416 e. The Bertz CT molecular complexity index is 1480. The average molecular weight is 559 g/mol. The Morgan fingerprint density at radius 3 is 2.69 bits per heavy atom. The number of thiophene rings is 1. The van der Waals surface area contributed by atoms with Crippen LogP contribution in [0.5, 0.6) is 5.75 Å². The van der Waals surface area contributed by atoms with E-state index in [1.807, 2.05) is 6.07 Å². The molecule has 4 heterocycles. The summed E-state index contributed by atoms with van der Waals surface area (Å²) in [5.41, 5.74) is 7.09. The summed E-state index contributed by atoms with van der Waals surface area (Å²) in [7, 11) is 2.12. The molecule has 0 saturated carbocycles. The first-order valence-corrected chi connectivity index (χ1v) is 13.4. The normalized spacial score (nSPS) is 16.0. The maximum absolute atomic E-state index is 13.6. The van der Waals surface area contributed by atoms with Gasteiger partial charge in [0.2, 0.25) is 0 Å². The van der Waals surface area contributed by atoms with Gasteiger partial charge < -0.3 is 20.7 Å². The van der Waals surface area contributed by atoms with Gasteiger partial charge in [0.05, 0.1) is 23.0 Å². The monoisotopic (exact) mass is 558 g/mol. The van der Waals surface area contributed by atoms with E-state index in [1.54, 1.807) is 23.2 Å². The van der Waals surface area contributed by atoms with Gasteiger partial charge in [-0.05, 0) is 52.0 Å². The second-order valence-corrected chi connectivity index (χ2v) is 10.8. The fourth-order valence-electron chi connectivity index (χ4n) is 4.79. The number of primary amides is 1. The molecule has 0 spiro atoms. The Balaban J connectivity index is 1.40. The molecule has 39 heavy (non-hydrogen) atoms. The van der Waals surface area contributed by atoms with Crippen molar-refractivity contribution in [2.75, 3.05) is 20.1 Å². The Labute approximate surface area is 227 Å². The van der Waals surface area contributed by atoms with Crippen LogP contribution >= 0.6 is 11.3 Å². The van der Waals surface area contributed by atoms with E-state index in [-0.39, 0.29) is 16.2 Å². The van der Waals surface area contributed by atoms with E-state index in [1.165, 1.54) is 25.1 Å². The smallest absolute Gasteiger partial charge is 0.416 e. The van der Waals surface area contributed by atoms with E-state index in [4.69, 9.17) is 10.5 Å². The molecule has 0 radical (unpaired) electrons. The largest absolute Gasteiger partial charge is 0.484 e. The number of hydrogen-bond donors (Lipinski definition) is 2. The van der Waals surface area contributed by atoms with E-state index < -0.39 is 23.8 Å². The summed E-state index contributed by atoms with van der Waals surface area (Å²) >= 11 is 1.09. The molecule has 1 atom stereocenters. The van der Waals surface area contributed by atoms with Crippen molar-refractivity contribution in [3.05, 3.63) is 70.6 Å². The minimum Gasteiger partial charge on any atom is -0.484 e. The predicted molar refractivity (Wildman–Crippen MR) is 143 cm³/mol. The molecule has 0 bridgehead atoms. The molecule has 3 N–H and O–H groups in total. The molecule has 1 saturated heterocycles. The van der Waals surface area contributed by atoms with E-state index in [0.717, 1.165) is 54.5 Å². The summed E-state index contributed by atoms with van der Waals surface area (Å²) in [5, 5.41) is 4.17. The molecule has 5 rings (SSSR count). The molecular weight excluding hydrogens is 529 g/mol. The fourth-order valence-corrected chi connectivity index (χ4v) is 5.72. The minimum absolute atomic E-state index is 0.0333. The summed E-state index contributed by atoms with van der Waals surface area (Å²) in [5.74, 6) is -0.612.